The zero-order chi connectivity index (χ0) is 16.7. The molecule has 0 saturated carbocycles. The molecule has 0 aliphatic carbocycles. The van der Waals surface area contributed by atoms with Gasteiger partial charge in [0.1, 0.15) is 0 Å². The topological polar surface area (TPSA) is 67.9 Å². The number of halogens is 1. The minimum Gasteiger partial charge on any atom is -0.493 e. The van der Waals surface area contributed by atoms with Gasteiger partial charge in [-0.2, -0.15) is 0 Å². The van der Waals surface area contributed by atoms with Crippen molar-refractivity contribution in [2.45, 2.75) is 13.8 Å². The van der Waals surface area contributed by atoms with Gasteiger partial charge >= 0.3 is 0 Å². The molecule has 1 aromatic carbocycles. The summed E-state index contributed by atoms with van der Waals surface area (Å²) in [6.07, 6.45) is 0. The van der Waals surface area contributed by atoms with E-state index in [9.17, 15) is 9.59 Å². The highest BCUT2D eigenvalue weighted by molar-refractivity contribution is 6.32. The summed E-state index contributed by atoms with van der Waals surface area (Å²) in [7, 11) is 2.94. The quantitative estimate of drug-likeness (QED) is 0.830. The summed E-state index contributed by atoms with van der Waals surface area (Å²) in [6, 6.07) is 3.05. The van der Waals surface area contributed by atoms with E-state index in [0.717, 1.165) is 0 Å². The van der Waals surface area contributed by atoms with Crippen molar-refractivity contribution in [2.75, 3.05) is 33.9 Å². The van der Waals surface area contributed by atoms with Crippen molar-refractivity contribution in [1.29, 1.82) is 0 Å². The van der Waals surface area contributed by atoms with Crippen molar-refractivity contribution in [3.8, 4) is 11.5 Å². The van der Waals surface area contributed by atoms with Crippen molar-refractivity contribution < 1.29 is 19.1 Å². The Labute approximate surface area is 135 Å². The molecule has 0 spiro atoms. The molecule has 0 aliphatic rings. The Morgan fingerprint density at radius 3 is 2.41 bits per heavy atom. The number of hydrogen-bond donors (Lipinski definition) is 1. The lowest BCUT2D eigenvalue weighted by atomic mass is 10.1. The van der Waals surface area contributed by atoms with E-state index in [-0.39, 0.29) is 23.4 Å². The lowest BCUT2D eigenvalue weighted by Gasteiger charge is -2.21. The number of nitrogens with zero attached hydrogens (tertiary/aromatic N) is 1. The Bertz CT molecular complexity index is 549. The van der Waals surface area contributed by atoms with Crippen LogP contribution in [-0.2, 0) is 4.79 Å². The molecule has 22 heavy (non-hydrogen) atoms. The van der Waals surface area contributed by atoms with Gasteiger partial charge in [-0.25, -0.2) is 0 Å². The second-order valence-electron chi connectivity index (χ2n) is 4.47. The molecule has 0 atom stereocenters. The van der Waals surface area contributed by atoms with Crippen LogP contribution in [0.1, 0.15) is 24.2 Å². The van der Waals surface area contributed by atoms with Gasteiger partial charge in [0.05, 0.1) is 25.8 Å². The third kappa shape index (κ3) is 4.27. The standard InChI is InChI=1S/C15H21ClN2O4/c1-5-17-13(19)9-18(6-2)15(20)10-7-11(16)14(22-4)12(8-10)21-3/h7-8H,5-6,9H2,1-4H3,(H,17,19). The van der Waals surface area contributed by atoms with Gasteiger partial charge in [-0.15, -0.1) is 0 Å². The number of methoxy groups -OCH3 is 2. The number of benzene rings is 1. The molecular formula is C15H21ClN2O4. The van der Waals surface area contributed by atoms with Gasteiger partial charge in [0.25, 0.3) is 5.91 Å². The molecule has 0 bridgehead atoms. The van der Waals surface area contributed by atoms with Gasteiger partial charge in [0.2, 0.25) is 5.91 Å². The van der Waals surface area contributed by atoms with Gasteiger partial charge in [-0.3, -0.25) is 9.59 Å². The Morgan fingerprint density at radius 1 is 1.23 bits per heavy atom. The van der Waals surface area contributed by atoms with Gasteiger partial charge in [0.15, 0.2) is 11.5 Å². The predicted octanol–water partition coefficient (Wildman–Crippen LogP) is 1.96. The molecule has 1 N–H and O–H groups in total. The minimum absolute atomic E-state index is 0.00482. The molecule has 0 fully saturated rings. The molecule has 122 valence electrons. The number of ether oxygens (including phenoxy) is 2. The zero-order valence-electron chi connectivity index (χ0n) is 13.2. The number of rotatable bonds is 7. The molecule has 1 rings (SSSR count). The average Bonchev–Trinajstić information content (AvgIpc) is 2.51. The van der Waals surface area contributed by atoms with E-state index < -0.39 is 0 Å². The summed E-state index contributed by atoms with van der Waals surface area (Å²) in [5, 5.41) is 2.94. The predicted molar refractivity (Wildman–Crippen MR) is 84.8 cm³/mol. The first-order valence-corrected chi connectivity index (χ1v) is 7.33. The third-order valence-corrected chi connectivity index (χ3v) is 3.34. The molecule has 2 amide bonds. The van der Waals surface area contributed by atoms with Gasteiger partial charge in [-0.05, 0) is 26.0 Å². The second-order valence-corrected chi connectivity index (χ2v) is 4.87. The SMILES string of the molecule is CCNC(=O)CN(CC)C(=O)c1cc(Cl)c(OC)c(OC)c1. The van der Waals surface area contributed by atoms with E-state index >= 15 is 0 Å². The zero-order valence-corrected chi connectivity index (χ0v) is 14.0. The van der Waals surface area contributed by atoms with E-state index in [0.29, 0.717) is 30.2 Å². The van der Waals surface area contributed by atoms with Crippen LogP contribution in [-0.4, -0.2) is 50.6 Å². The van der Waals surface area contributed by atoms with Crippen LogP contribution in [0.3, 0.4) is 0 Å². The van der Waals surface area contributed by atoms with Crippen molar-refractivity contribution in [3.63, 3.8) is 0 Å². The van der Waals surface area contributed by atoms with E-state index in [1.165, 1.54) is 25.2 Å². The van der Waals surface area contributed by atoms with Crippen LogP contribution < -0.4 is 14.8 Å². The molecule has 1 aromatic rings. The largest absolute Gasteiger partial charge is 0.493 e. The highest BCUT2D eigenvalue weighted by Crippen LogP contribution is 2.36. The fourth-order valence-corrected chi connectivity index (χ4v) is 2.27. The molecule has 0 unspecified atom stereocenters. The fourth-order valence-electron chi connectivity index (χ4n) is 1.98. The highest BCUT2D eigenvalue weighted by atomic mass is 35.5. The summed E-state index contributed by atoms with van der Waals surface area (Å²) < 4.78 is 10.3. The molecule has 0 saturated heterocycles. The lowest BCUT2D eigenvalue weighted by Crippen LogP contribution is -2.40. The van der Waals surface area contributed by atoms with Crippen LogP contribution in [0.2, 0.25) is 5.02 Å². The van der Waals surface area contributed by atoms with Crippen molar-refractivity contribution in [2.24, 2.45) is 0 Å². The van der Waals surface area contributed by atoms with Crippen LogP contribution in [0.5, 0.6) is 11.5 Å². The van der Waals surface area contributed by atoms with Crippen molar-refractivity contribution in [1.82, 2.24) is 10.2 Å². The van der Waals surface area contributed by atoms with E-state index in [2.05, 4.69) is 5.32 Å². The average molecular weight is 329 g/mol. The Balaban J connectivity index is 3.05. The van der Waals surface area contributed by atoms with Crippen molar-refractivity contribution >= 4 is 23.4 Å². The van der Waals surface area contributed by atoms with Crippen LogP contribution in [0, 0.1) is 0 Å². The van der Waals surface area contributed by atoms with Crippen LogP contribution in [0.15, 0.2) is 12.1 Å². The van der Waals surface area contributed by atoms with E-state index in [1.807, 2.05) is 6.92 Å². The smallest absolute Gasteiger partial charge is 0.254 e. The minimum atomic E-state index is -0.295. The van der Waals surface area contributed by atoms with Crippen LogP contribution >= 0.6 is 11.6 Å². The first-order valence-electron chi connectivity index (χ1n) is 6.95. The molecule has 6 nitrogen and oxygen atoms in total. The number of carbonyl (C=O) groups is 2. The summed E-state index contributed by atoms with van der Waals surface area (Å²) in [5.74, 6) is 0.237. The summed E-state index contributed by atoms with van der Waals surface area (Å²) >= 11 is 6.11. The molecule has 0 aromatic heterocycles. The van der Waals surface area contributed by atoms with Gasteiger partial charge in [0, 0.05) is 18.7 Å². The molecule has 7 heteroatoms. The fraction of sp³-hybridized carbons (Fsp3) is 0.467. The first kappa shape index (κ1) is 18.1. The maximum absolute atomic E-state index is 12.5. The second kappa shape index (κ2) is 8.48. The number of likely N-dealkylation sites (N-methyl/N-ethyl adjacent to an activating group) is 2. The highest BCUT2D eigenvalue weighted by Gasteiger charge is 2.20. The van der Waals surface area contributed by atoms with Gasteiger partial charge in [-0.1, -0.05) is 11.6 Å². The molecule has 0 heterocycles. The van der Waals surface area contributed by atoms with Crippen LogP contribution in [0.25, 0.3) is 0 Å². The van der Waals surface area contributed by atoms with E-state index in [1.54, 1.807) is 13.0 Å². The normalized spacial score (nSPS) is 10.0. The third-order valence-electron chi connectivity index (χ3n) is 3.06. The maximum atomic E-state index is 12.5. The molecule has 0 aliphatic heterocycles. The first-order chi connectivity index (χ1) is 10.5. The monoisotopic (exact) mass is 328 g/mol. The summed E-state index contributed by atoms with van der Waals surface area (Å²) in [6.45, 7) is 4.55. The number of amides is 2. The number of carbonyl (C=O) groups excluding carboxylic acids is 2. The Hall–Kier alpha value is -1.95. The molecular weight excluding hydrogens is 308 g/mol. The molecule has 0 radical (unpaired) electrons. The lowest BCUT2D eigenvalue weighted by molar-refractivity contribution is -0.121. The van der Waals surface area contributed by atoms with E-state index in [4.69, 9.17) is 21.1 Å². The van der Waals surface area contributed by atoms with Crippen molar-refractivity contribution in [3.05, 3.63) is 22.7 Å². The van der Waals surface area contributed by atoms with Crippen LogP contribution in [0.4, 0.5) is 0 Å². The van der Waals surface area contributed by atoms with Gasteiger partial charge < -0.3 is 19.7 Å². The number of nitrogens with one attached hydrogen (secondary N) is 1. The summed E-state index contributed by atoms with van der Waals surface area (Å²) in [4.78, 5) is 25.6. The summed E-state index contributed by atoms with van der Waals surface area (Å²) in [5.41, 5.74) is 0.341. The number of hydrogen-bond acceptors (Lipinski definition) is 4. The Kier molecular flexibility index (Phi) is 6.98. The Morgan fingerprint density at radius 2 is 1.91 bits per heavy atom. The maximum Gasteiger partial charge on any atom is 0.254 e.